The normalized spacial score (nSPS) is 11.3. The Hall–Kier alpha value is -5.59. The Morgan fingerprint density at radius 2 is 1.65 bits per heavy atom. The standard InChI is InChI=1S/C38H42ClN7O5/c1-24-15-31(35(39)36(49)45(24)22-26-10-7-9-25(16-26)20-41-34(48)19-40)51-23-28-12-6-5-11-27(28)21-42-37(50)43-33-18-32(38(2,3)4)44-46(33)29-13-8-14-30(47)17-29/h5-18,47H,19-23,40H2,1-4H3,(H,41,48)(H2,42,43,50). The van der Waals surface area contributed by atoms with Gasteiger partial charge in [0.1, 0.15) is 28.9 Å². The number of hydrogen-bond donors (Lipinski definition) is 5. The number of aromatic hydroxyl groups is 1. The zero-order chi connectivity index (χ0) is 36.7. The van der Waals surface area contributed by atoms with Gasteiger partial charge in [-0.2, -0.15) is 5.10 Å². The summed E-state index contributed by atoms with van der Waals surface area (Å²) >= 11 is 6.55. The van der Waals surface area contributed by atoms with Crippen molar-refractivity contribution in [3.8, 4) is 17.2 Å². The minimum atomic E-state index is -0.444. The Morgan fingerprint density at radius 3 is 2.37 bits per heavy atom. The molecule has 12 nitrogen and oxygen atoms in total. The number of rotatable bonds is 12. The van der Waals surface area contributed by atoms with Crippen LogP contribution in [0.2, 0.25) is 5.02 Å². The highest BCUT2D eigenvalue weighted by Gasteiger charge is 2.22. The highest BCUT2D eigenvalue weighted by Crippen LogP contribution is 2.28. The van der Waals surface area contributed by atoms with E-state index in [1.165, 1.54) is 0 Å². The van der Waals surface area contributed by atoms with E-state index in [9.17, 15) is 19.5 Å². The molecule has 0 unspecified atom stereocenters. The third kappa shape index (κ3) is 9.35. The number of carbonyl (C=O) groups is 2. The van der Waals surface area contributed by atoms with Crippen molar-refractivity contribution in [2.24, 2.45) is 5.73 Å². The summed E-state index contributed by atoms with van der Waals surface area (Å²) < 4.78 is 9.23. The fourth-order valence-electron chi connectivity index (χ4n) is 5.33. The van der Waals surface area contributed by atoms with Crippen LogP contribution in [0, 0.1) is 6.92 Å². The highest BCUT2D eigenvalue weighted by molar-refractivity contribution is 6.31. The number of benzene rings is 3. The molecule has 2 heterocycles. The first-order valence-corrected chi connectivity index (χ1v) is 16.8. The fourth-order valence-corrected chi connectivity index (χ4v) is 5.54. The molecule has 0 aliphatic carbocycles. The summed E-state index contributed by atoms with van der Waals surface area (Å²) in [5, 5.41) is 23.2. The molecule has 6 N–H and O–H groups in total. The van der Waals surface area contributed by atoms with Gasteiger partial charge in [0.05, 0.1) is 24.5 Å². The van der Waals surface area contributed by atoms with Gasteiger partial charge in [-0.05, 0) is 41.3 Å². The minimum Gasteiger partial charge on any atom is -0.508 e. The molecule has 5 rings (SSSR count). The van der Waals surface area contributed by atoms with E-state index in [1.54, 1.807) is 39.6 Å². The maximum Gasteiger partial charge on any atom is 0.320 e. The number of aromatic nitrogens is 3. The number of aryl methyl sites for hydroxylation is 1. The molecular weight excluding hydrogens is 670 g/mol. The number of phenols is 1. The quantitative estimate of drug-likeness (QED) is 0.114. The highest BCUT2D eigenvalue weighted by atomic mass is 35.5. The predicted octanol–water partition coefficient (Wildman–Crippen LogP) is 5.52. The molecular formula is C38H42ClN7O5. The number of halogens is 1. The second kappa shape index (κ2) is 16.0. The van der Waals surface area contributed by atoms with Gasteiger partial charge in [0.25, 0.3) is 5.56 Å². The van der Waals surface area contributed by atoms with Crippen LogP contribution in [-0.4, -0.2) is 37.9 Å². The molecule has 0 saturated carbocycles. The van der Waals surface area contributed by atoms with Gasteiger partial charge in [-0.1, -0.05) is 87.0 Å². The molecule has 0 fully saturated rings. The molecule has 51 heavy (non-hydrogen) atoms. The second-order valence-corrected chi connectivity index (χ2v) is 13.5. The molecule has 2 aromatic heterocycles. The first-order chi connectivity index (χ1) is 24.3. The molecule has 0 atom stereocenters. The molecule has 0 saturated heterocycles. The van der Waals surface area contributed by atoms with Gasteiger partial charge in [0.2, 0.25) is 5.91 Å². The summed E-state index contributed by atoms with van der Waals surface area (Å²) in [4.78, 5) is 38.0. The zero-order valence-corrected chi connectivity index (χ0v) is 29.8. The Kier molecular flexibility index (Phi) is 11.5. The number of carbonyl (C=O) groups excluding carboxylic acids is 2. The van der Waals surface area contributed by atoms with Gasteiger partial charge < -0.3 is 30.8 Å². The maximum absolute atomic E-state index is 13.4. The monoisotopic (exact) mass is 711 g/mol. The zero-order valence-electron chi connectivity index (χ0n) is 29.0. The van der Waals surface area contributed by atoms with E-state index in [-0.39, 0.29) is 59.6 Å². The van der Waals surface area contributed by atoms with Gasteiger partial charge >= 0.3 is 6.03 Å². The van der Waals surface area contributed by atoms with Crippen LogP contribution < -0.4 is 32.0 Å². The SMILES string of the molecule is Cc1cc(OCc2ccccc2CNC(=O)Nc2cc(C(C)(C)C)nn2-c2cccc(O)c2)c(Cl)c(=O)n1Cc1cccc(CNC(=O)CN)c1. The van der Waals surface area contributed by atoms with Crippen molar-refractivity contribution in [2.45, 2.75) is 59.4 Å². The molecule has 0 bridgehead atoms. The number of urea groups is 1. The van der Waals surface area contributed by atoms with Crippen molar-refractivity contribution < 1.29 is 19.4 Å². The number of nitrogens with two attached hydrogens (primary N) is 1. The van der Waals surface area contributed by atoms with E-state index in [1.807, 2.05) is 82.3 Å². The molecule has 266 valence electrons. The number of nitrogens with zero attached hydrogens (tertiary/aromatic N) is 3. The minimum absolute atomic E-state index is 0.0417. The Morgan fingerprint density at radius 1 is 0.922 bits per heavy atom. The van der Waals surface area contributed by atoms with Crippen molar-refractivity contribution >= 4 is 29.4 Å². The first-order valence-electron chi connectivity index (χ1n) is 16.4. The molecule has 0 aliphatic rings. The second-order valence-electron chi connectivity index (χ2n) is 13.1. The molecule has 0 radical (unpaired) electrons. The van der Waals surface area contributed by atoms with Gasteiger partial charge in [-0.3, -0.25) is 14.9 Å². The number of pyridine rings is 1. The first kappa shape index (κ1) is 36.7. The van der Waals surface area contributed by atoms with Gasteiger partial charge in [0, 0.05) is 42.4 Å². The van der Waals surface area contributed by atoms with Crippen LogP contribution in [0.3, 0.4) is 0 Å². The van der Waals surface area contributed by atoms with Crippen molar-refractivity contribution in [2.75, 3.05) is 11.9 Å². The lowest BCUT2D eigenvalue weighted by Crippen LogP contribution is -2.29. The summed E-state index contributed by atoms with van der Waals surface area (Å²) in [5.74, 6) is 0.536. The molecule has 0 spiro atoms. The van der Waals surface area contributed by atoms with Crippen LogP contribution in [0.4, 0.5) is 10.6 Å². The van der Waals surface area contributed by atoms with E-state index in [0.717, 1.165) is 27.9 Å². The van der Waals surface area contributed by atoms with Crippen LogP contribution in [0.5, 0.6) is 11.5 Å². The smallest absolute Gasteiger partial charge is 0.320 e. The van der Waals surface area contributed by atoms with Crippen LogP contribution in [0.15, 0.2) is 89.7 Å². The third-order valence-corrected chi connectivity index (χ3v) is 8.50. The average Bonchev–Trinajstić information content (AvgIpc) is 3.54. The third-order valence-electron chi connectivity index (χ3n) is 8.16. The lowest BCUT2D eigenvalue weighted by Gasteiger charge is -2.16. The van der Waals surface area contributed by atoms with Crippen molar-refractivity contribution in [3.63, 3.8) is 0 Å². The molecule has 0 aliphatic heterocycles. The van der Waals surface area contributed by atoms with Gasteiger partial charge in [-0.15, -0.1) is 0 Å². The molecule has 3 aromatic carbocycles. The van der Waals surface area contributed by atoms with E-state index < -0.39 is 6.03 Å². The largest absolute Gasteiger partial charge is 0.508 e. The van der Waals surface area contributed by atoms with Crippen LogP contribution in [-0.2, 0) is 36.5 Å². The Labute approximate surface area is 301 Å². The Bertz CT molecular complexity index is 2100. The van der Waals surface area contributed by atoms with Crippen LogP contribution in [0.25, 0.3) is 5.69 Å². The Balaban J connectivity index is 1.25. The number of anilines is 1. The topological polar surface area (TPSA) is 166 Å². The van der Waals surface area contributed by atoms with Gasteiger partial charge in [0.15, 0.2) is 0 Å². The molecule has 13 heteroatoms. The summed E-state index contributed by atoms with van der Waals surface area (Å²) in [6.45, 7) is 8.73. The lowest BCUT2D eigenvalue weighted by atomic mass is 9.92. The number of ether oxygens (including phenoxy) is 1. The molecule has 3 amide bonds. The van der Waals surface area contributed by atoms with E-state index >= 15 is 0 Å². The summed E-state index contributed by atoms with van der Waals surface area (Å²) in [6, 6.07) is 24.8. The van der Waals surface area contributed by atoms with Crippen LogP contribution >= 0.6 is 11.6 Å². The van der Waals surface area contributed by atoms with E-state index in [4.69, 9.17) is 27.2 Å². The average molecular weight is 712 g/mol. The van der Waals surface area contributed by atoms with E-state index in [2.05, 4.69) is 16.0 Å². The number of phenolic OH excluding ortho intramolecular Hbond substituents is 1. The molecule has 5 aromatic rings. The predicted molar refractivity (Wildman–Crippen MR) is 197 cm³/mol. The lowest BCUT2D eigenvalue weighted by molar-refractivity contribution is -0.119. The number of amides is 3. The van der Waals surface area contributed by atoms with Crippen molar-refractivity contribution in [1.82, 2.24) is 25.0 Å². The summed E-state index contributed by atoms with van der Waals surface area (Å²) in [5.41, 5.74) is 10.1. The summed E-state index contributed by atoms with van der Waals surface area (Å²) in [6.07, 6.45) is 0. The van der Waals surface area contributed by atoms with Gasteiger partial charge in [-0.25, -0.2) is 9.48 Å². The van der Waals surface area contributed by atoms with Crippen molar-refractivity contribution in [3.05, 3.63) is 134 Å². The maximum atomic E-state index is 13.4. The van der Waals surface area contributed by atoms with E-state index in [0.29, 0.717) is 23.7 Å². The van der Waals surface area contributed by atoms with Crippen molar-refractivity contribution in [1.29, 1.82) is 0 Å². The number of hydrogen-bond acceptors (Lipinski definition) is 7. The summed E-state index contributed by atoms with van der Waals surface area (Å²) in [7, 11) is 0. The van der Waals surface area contributed by atoms with Crippen LogP contribution in [0.1, 0.15) is 54.4 Å². The number of nitrogens with one attached hydrogen (secondary N) is 3. The fraction of sp³-hybridized carbons (Fsp3) is 0.263.